The lowest BCUT2D eigenvalue weighted by molar-refractivity contribution is 0.0234. The topological polar surface area (TPSA) is 104 Å². The van der Waals surface area contributed by atoms with Gasteiger partial charge in [0.1, 0.15) is 11.5 Å². The van der Waals surface area contributed by atoms with Crippen LogP contribution >= 0.6 is 31.9 Å². The number of aromatic hydroxyl groups is 2. The Bertz CT molecular complexity index is 1440. The second-order valence-electron chi connectivity index (χ2n) is 10.6. The first kappa shape index (κ1) is 31.1. The molecule has 0 radical (unpaired) electrons. The maximum atomic E-state index is 13.6. The van der Waals surface area contributed by atoms with Gasteiger partial charge in [-0.3, -0.25) is 0 Å². The summed E-state index contributed by atoms with van der Waals surface area (Å²) >= 11 is 7.38. The van der Waals surface area contributed by atoms with Gasteiger partial charge in [-0.05, 0) is 78.3 Å². The van der Waals surface area contributed by atoms with E-state index < -0.39 is 17.5 Å². The van der Waals surface area contributed by atoms with Crippen LogP contribution in [0.4, 0.5) is 0 Å². The average Bonchev–Trinajstić information content (AvgIpc) is 3.20. The minimum absolute atomic E-state index is 0.0352. The number of hydrogen-bond donors (Lipinski definition) is 3. The van der Waals surface area contributed by atoms with E-state index in [2.05, 4.69) is 45.7 Å². The number of carbonyl (C=O) groups is 2. The molecular formula is C33H36Br2O6. The van der Waals surface area contributed by atoms with E-state index in [1.165, 1.54) is 18.2 Å². The van der Waals surface area contributed by atoms with Crippen LogP contribution in [0.3, 0.4) is 0 Å². The van der Waals surface area contributed by atoms with Crippen LogP contribution in [-0.4, -0.2) is 27.3 Å². The zero-order chi connectivity index (χ0) is 30.1. The van der Waals surface area contributed by atoms with E-state index in [0.29, 0.717) is 21.8 Å². The summed E-state index contributed by atoms with van der Waals surface area (Å²) in [6, 6.07) is 8.11. The number of fused-ring (bicyclic) bond motifs is 1. The molecule has 1 aliphatic rings. The molecule has 0 amide bonds. The number of carboxylic acid groups (broad SMARTS) is 1. The summed E-state index contributed by atoms with van der Waals surface area (Å²) < 4.78 is 7.30. The van der Waals surface area contributed by atoms with E-state index in [0.717, 1.165) is 60.8 Å². The number of rotatable bonds is 11. The standard InChI is InChI=1S/C33H36Br2O6/c1-5-9-18-16-25(34)27(29(36)21(18)11-7-3)33(24-15-20(31(38)39)13-14-23(24)32(40)41-33)28-26(35)17-19(10-6-2)22(12-8-4)30(28)37/h13-17,36-37H,5-12H2,1-4H3,(H,38,39). The molecule has 1 heterocycles. The maximum absolute atomic E-state index is 13.6. The van der Waals surface area contributed by atoms with Crippen molar-refractivity contribution in [2.24, 2.45) is 0 Å². The number of benzene rings is 3. The van der Waals surface area contributed by atoms with E-state index in [1.807, 2.05) is 26.0 Å². The van der Waals surface area contributed by atoms with E-state index in [-0.39, 0.29) is 39.3 Å². The molecule has 0 saturated heterocycles. The molecule has 0 unspecified atom stereocenters. The number of esters is 1. The Kier molecular flexibility index (Phi) is 9.54. The van der Waals surface area contributed by atoms with Crippen molar-refractivity contribution in [3.05, 3.63) is 89.3 Å². The summed E-state index contributed by atoms with van der Waals surface area (Å²) in [7, 11) is 0. The van der Waals surface area contributed by atoms with Crippen LogP contribution in [0.2, 0.25) is 0 Å². The molecule has 218 valence electrons. The van der Waals surface area contributed by atoms with Crippen LogP contribution in [0.15, 0.2) is 39.3 Å². The zero-order valence-corrected chi connectivity index (χ0v) is 27.0. The Balaban J connectivity index is 2.24. The van der Waals surface area contributed by atoms with Crippen LogP contribution in [-0.2, 0) is 36.0 Å². The minimum atomic E-state index is -1.83. The number of halogens is 2. The Morgan fingerprint density at radius 3 is 1.66 bits per heavy atom. The van der Waals surface area contributed by atoms with Crippen LogP contribution < -0.4 is 0 Å². The van der Waals surface area contributed by atoms with E-state index in [4.69, 9.17) is 4.74 Å². The van der Waals surface area contributed by atoms with Gasteiger partial charge in [0.2, 0.25) is 0 Å². The monoisotopic (exact) mass is 686 g/mol. The highest BCUT2D eigenvalue weighted by atomic mass is 79.9. The average molecular weight is 688 g/mol. The molecule has 0 aromatic heterocycles. The molecule has 6 nitrogen and oxygen atoms in total. The lowest BCUT2D eigenvalue weighted by Crippen LogP contribution is -2.32. The summed E-state index contributed by atoms with van der Waals surface area (Å²) in [5.74, 6) is -1.90. The van der Waals surface area contributed by atoms with Gasteiger partial charge in [-0.25, -0.2) is 9.59 Å². The quantitative estimate of drug-likeness (QED) is 0.175. The molecule has 41 heavy (non-hydrogen) atoms. The Morgan fingerprint density at radius 2 is 1.24 bits per heavy atom. The summed E-state index contributed by atoms with van der Waals surface area (Å²) in [4.78, 5) is 25.7. The van der Waals surface area contributed by atoms with Crippen LogP contribution in [0.25, 0.3) is 0 Å². The van der Waals surface area contributed by atoms with E-state index in [1.54, 1.807) is 0 Å². The highest BCUT2D eigenvalue weighted by Crippen LogP contribution is 2.57. The number of hydrogen-bond acceptors (Lipinski definition) is 5. The van der Waals surface area contributed by atoms with Crippen molar-refractivity contribution in [3.8, 4) is 11.5 Å². The second-order valence-corrected chi connectivity index (χ2v) is 12.3. The van der Waals surface area contributed by atoms with Gasteiger partial charge in [0, 0.05) is 14.5 Å². The Morgan fingerprint density at radius 1 is 0.780 bits per heavy atom. The number of carboxylic acids is 1. The molecule has 3 N–H and O–H groups in total. The number of carbonyl (C=O) groups excluding carboxylic acids is 1. The Hall–Kier alpha value is -2.84. The fourth-order valence-electron chi connectivity index (χ4n) is 6.06. The highest BCUT2D eigenvalue weighted by Gasteiger charge is 2.54. The maximum Gasteiger partial charge on any atom is 0.340 e. The molecule has 0 aliphatic carbocycles. The fraction of sp³-hybridized carbons (Fsp3) is 0.394. The van der Waals surface area contributed by atoms with Crippen molar-refractivity contribution in [1.82, 2.24) is 0 Å². The van der Waals surface area contributed by atoms with Gasteiger partial charge in [-0.1, -0.05) is 85.2 Å². The number of aryl methyl sites for hydroxylation is 2. The summed E-state index contributed by atoms with van der Waals surface area (Å²) in [6.45, 7) is 8.20. The number of cyclic esters (lactones) is 1. The molecule has 0 saturated carbocycles. The van der Waals surface area contributed by atoms with Crippen LogP contribution in [0.5, 0.6) is 11.5 Å². The van der Waals surface area contributed by atoms with Gasteiger partial charge >= 0.3 is 11.9 Å². The van der Waals surface area contributed by atoms with E-state index >= 15 is 0 Å². The fourth-order valence-corrected chi connectivity index (χ4v) is 7.55. The largest absolute Gasteiger partial charge is 0.507 e. The smallest absolute Gasteiger partial charge is 0.340 e. The highest BCUT2D eigenvalue weighted by molar-refractivity contribution is 9.10. The first-order chi connectivity index (χ1) is 19.6. The first-order valence-electron chi connectivity index (χ1n) is 14.3. The molecule has 1 aliphatic heterocycles. The molecule has 0 bridgehead atoms. The molecule has 4 rings (SSSR count). The molecule has 3 aromatic carbocycles. The number of phenols is 2. The predicted molar refractivity (Wildman–Crippen MR) is 166 cm³/mol. The number of phenolic OH excluding ortho intramolecular Hbond substituents is 2. The van der Waals surface area contributed by atoms with Gasteiger partial charge < -0.3 is 20.1 Å². The van der Waals surface area contributed by atoms with Crippen LogP contribution in [0.1, 0.15) is 113 Å². The predicted octanol–water partition coefficient (Wildman–Crippen LogP) is 8.59. The normalized spacial score (nSPS) is 13.8. The van der Waals surface area contributed by atoms with Crippen molar-refractivity contribution in [2.45, 2.75) is 84.7 Å². The van der Waals surface area contributed by atoms with Gasteiger partial charge in [-0.15, -0.1) is 0 Å². The third-order valence-electron chi connectivity index (χ3n) is 7.75. The number of aromatic carboxylic acids is 1. The first-order valence-corrected chi connectivity index (χ1v) is 15.8. The van der Waals surface area contributed by atoms with Crippen molar-refractivity contribution in [2.75, 3.05) is 0 Å². The lowest BCUT2D eigenvalue weighted by atomic mass is 9.75. The summed E-state index contributed by atoms with van der Waals surface area (Å²) in [5, 5.41) is 34.0. The SMILES string of the molecule is CCCc1cc(Br)c(C2(c3c(Br)cc(CCC)c(CCC)c3O)OC(=O)c3ccc(C(=O)O)cc32)c(O)c1CCC. The minimum Gasteiger partial charge on any atom is -0.507 e. The van der Waals surface area contributed by atoms with Crippen molar-refractivity contribution >= 4 is 43.8 Å². The van der Waals surface area contributed by atoms with Crippen molar-refractivity contribution < 1.29 is 29.6 Å². The molecule has 8 heteroatoms. The molecule has 0 fully saturated rings. The molecule has 0 spiro atoms. The summed E-state index contributed by atoms with van der Waals surface area (Å²) in [5.41, 5.74) is 2.55. The lowest BCUT2D eigenvalue weighted by Gasteiger charge is -2.35. The summed E-state index contributed by atoms with van der Waals surface area (Å²) in [6.07, 6.45) is 5.98. The second kappa shape index (κ2) is 12.6. The van der Waals surface area contributed by atoms with Gasteiger partial charge in [0.05, 0.1) is 22.3 Å². The van der Waals surface area contributed by atoms with Crippen LogP contribution in [0, 0.1) is 0 Å². The Labute approximate surface area is 258 Å². The number of ether oxygens (including phenoxy) is 1. The van der Waals surface area contributed by atoms with Gasteiger partial charge in [-0.2, -0.15) is 0 Å². The third kappa shape index (κ3) is 5.29. The molecular weight excluding hydrogens is 652 g/mol. The van der Waals surface area contributed by atoms with Gasteiger partial charge in [0.15, 0.2) is 5.60 Å². The third-order valence-corrected chi connectivity index (χ3v) is 9.01. The van der Waals surface area contributed by atoms with Gasteiger partial charge in [0.25, 0.3) is 0 Å². The molecule has 0 atom stereocenters. The zero-order valence-electron chi connectivity index (χ0n) is 23.9. The van der Waals surface area contributed by atoms with E-state index in [9.17, 15) is 24.9 Å². The molecule has 3 aromatic rings. The van der Waals surface area contributed by atoms with Crippen molar-refractivity contribution in [1.29, 1.82) is 0 Å². The van der Waals surface area contributed by atoms with Crippen molar-refractivity contribution in [3.63, 3.8) is 0 Å².